The van der Waals surface area contributed by atoms with Crippen LogP contribution in [0.1, 0.15) is 17.0 Å². The number of methoxy groups -OCH3 is 2. The molecule has 0 aliphatic heterocycles. The summed E-state index contributed by atoms with van der Waals surface area (Å²) in [5.41, 5.74) is 4.06. The van der Waals surface area contributed by atoms with E-state index >= 15 is 0 Å². The minimum Gasteiger partial charge on any atom is -0.497 e. The van der Waals surface area contributed by atoms with Crippen molar-refractivity contribution >= 4 is 17.7 Å². The van der Waals surface area contributed by atoms with Gasteiger partial charge in [0.25, 0.3) is 0 Å². The molecule has 0 radical (unpaired) electrons. The molecule has 0 aliphatic carbocycles. The van der Waals surface area contributed by atoms with Gasteiger partial charge in [0.05, 0.1) is 37.0 Å². The lowest BCUT2D eigenvalue weighted by atomic mass is 10.1. The van der Waals surface area contributed by atoms with Crippen LogP contribution in [-0.4, -0.2) is 29.9 Å². The molecule has 28 heavy (non-hydrogen) atoms. The second-order valence-electron chi connectivity index (χ2n) is 6.22. The zero-order valence-corrected chi connectivity index (χ0v) is 16.4. The second-order valence-corrected chi connectivity index (χ2v) is 6.22. The van der Waals surface area contributed by atoms with Crippen LogP contribution in [0.3, 0.4) is 0 Å². The van der Waals surface area contributed by atoms with E-state index < -0.39 is 0 Å². The first-order valence-corrected chi connectivity index (χ1v) is 8.86. The van der Waals surface area contributed by atoms with Crippen molar-refractivity contribution in [3.05, 3.63) is 71.6 Å². The third-order valence-electron chi connectivity index (χ3n) is 4.40. The minimum absolute atomic E-state index is 0.239. The smallest absolute Gasteiger partial charge is 0.248 e. The Bertz CT molecular complexity index is 1010. The number of aromatic nitrogens is 2. The van der Waals surface area contributed by atoms with Crippen molar-refractivity contribution in [3.8, 4) is 17.2 Å². The van der Waals surface area contributed by atoms with Gasteiger partial charge in [-0.25, -0.2) is 4.68 Å². The first-order chi connectivity index (χ1) is 13.5. The van der Waals surface area contributed by atoms with E-state index in [2.05, 4.69) is 10.4 Å². The Morgan fingerprint density at radius 2 is 1.82 bits per heavy atom. The van der Waals surface area contributed by atoms with Crippen LogP contribution in [0.4, 0.5) is 5.69 Å². The lowest BCUT2D eigenvalue weighted by Crippen LogP contribution is -2.09. The van der Waals surface area contributed by atoms with Gasteiger partial charge in [-0.15, -0.1) is 0 Å². The van der Waals surface area contributed by atoms with Crippen LogP contribution < -0.4 is 14.8 Å². The molecular formula is C22H23N3O3. The number of carbonyl (C=O) groups excluding carboxylic acids is 1. The molecule has 6 heteroatoms. The number of nitrogens with zero attached hydrogens (tertiary/aromatic N) is 2. The van der Waals surface area contributed by atoms with Gasteiger partial charge in [-0.05, 0) is 44.2 Å². The molecule has 0 bridgehead atoms. The number of benzene rings is 2. The molecule has 0 saturated heterocycles. The van der Waals surface area contributed by atoms with E-state index in [0.717, 1.165) is 22.6 Å². The first-order valence-electron chi connectivity index (χ1n) is 8.86. The van der Waals surface area contributed by atoms with E-state index in [-0.39, 0.29) is 5.91 Å². The Morgan fingerprint density at radius 1 is 1.07 bits per heavy atom. The molecule has 0 fully saturated rings. The summed E-state index contributed by atoms with van der Waals surface area (Å²) in [6.45, 7) is 3.80. The zero-order valence-electron chi connectivity index (χ0n) is 16.4. The largest absolute Gasteiger partial charge is 0.497 e. The number of para-hydroxylation sites is 1. The molecule has 3 rings (SSSR count). The second kappa shape index (κ2) is 8.43. The maximum atomic E-state index is 12.5. The molecular weight excluding hydrogens is 354 g/mol. The molecule has 0 atom stereocenters. The van der Waals surface area contributed by atoms with Crippen LogP contribution in [-0.2, 0) is 4.79 Å². The van der Waals surface area contributed by atoms with Gasteiger partial charge in [-0.2, -0.15) is 5.10 Å². The minimum atomic E-state index is -0.239. The fraction of sp³-hybridized carbons (Fsp3) is 0.182. The number of hydrogen-bond acceptors (Lipinski definition) is 4. The van der Waals surface area contributed by atoms with Gasteiger partial charge in [0.15, 0.2) is 0 Å². The first kappa shape index (κ1) is 19.2. The normalized spacial score (nSPS) is 10.9. The molecule has 1 heterocycles. The maximum absolute atomic E-state index is 12.5. The number of rotatable bonds is 6. The summed E-state index contributed by atoms with van der Waals surface area (Å²) in [4.78, 5) is 12.5. The average molecular weight is 377 g/mol. The highest BCUT2D eigenvalue weighted by Crippen LogP contribution is 2.26. The fourth-order valence-corrected chi connectivity index (χ4v) is 2.93. The topological polar surface area (TPSA) is 65.4 Å². The molecule has 1 aromatic heterocycles. The lowest BCUT2D eigenvalue weighted by molar-refractivity contribution is -0.111. The van der Waals surface area contributed by atoms with E-state index in [1.54, 1.807) is 26.4 Å². The van der Waals surface area contributed by atoms with Crippen LogP contribution in [0.5, 0.6) is 11.5 Å². The summed E-state index contributed by atoms with van der Waals surface area (Å²) in [5, 5.41) is 7.47. The molecule has 2 aromatic carbocycles. The Kier molecular flexibility index (Phi) is 5.79. The standard InChI is InChI=1S/C22H23N3O3/c1-15-22(16(2)25(24-15)18-8-6-5-7-9-18)23-21(26)13-11-17-10-12-19(27-3)14-20(17)28-4/h5-14H,1-4H3,(H,23,26)/b13-11+. The number of ether oxygens (including phenoxy) is 2. The number of hydrogen-bond donors (Lipinski definition) is 1. The van der Waals surface area contributed by atoms with E-state index in [0.29, 0.717) is 17.2 Å². The van der Waals surface area contributed by atoms with Crippen molar-refractivity contribution < 1.29 is 14.3 Å². The summed E-state index contributed by atoms with van der Waals surface area (Å²) in [7, 11) is 3.18. The number of nitrogens with one attached hydrogen (secondary N) is 1. The Morgan fingerprint density at radius 3 is 2.50 bits per heavy atom. The predicted octanol–water partition coefficient (Wildman–Crippen LogP) is 4.16. The van der Waals surface area contributed by atoms with Gasteiger partial charge in [0, 0.05) is 17.7 Å². The number of aryl methyl sites for hydroxylation is 1. The molecule has 0 spiro atoms. The molecule has 0 aliphatic rings. The summed E-state index contributed by atoms with van der Waals surface area (Å²) in [5.74, 6) is 1.09. The van der Waals surface area contributed by atoms with Crippen LogP contribution in [0.15, 0.2) is 54.6 Å². The monoisotopic (exact) mass is 377 g/mol. The van der Waals surface area contributed by atoms with Crippen LogP contribution >= 0.6 is 0 Å². The van der Waals surface area contributed by atoms with Crippen LogP contribution in [0.2, 0.25) is 0 Å². The van der Waals surface area contributed by atoms with Crippen molar-refractivity contribution in [1.82, 2.24) is 9.78 Å². The van der Waals surface area contributed by atoms with E-state index in [4.69, 9.17) is 9.47 Å². The Labute approximate surface area is 164 Å². The van der Waals surface area contributed by atoms with Gasteiger partial charge in [-0.3, -0.25) is 4.79 Å². The van der Waals surface area contributed by atoms with Crippen LogP contribution in [0, 0.1) is 13.8 Å². The highest BCUT2D eigenvalue weighted by molar-refractivity contribution is 6.02. The van der Waals surface area contributed by atoms with Gasteiger partial charge in [-0.1, -0.05) is 18.2 Å². The van der Waals surface area contributed by atoms with Crippen molar-refractivity contribution in [2.24, 2.45) is 0 Å². The van der Waals surface area contributed by atoms with E-state index in [1.807, 2.05) is 61.0 Å². The summed E-state index contributed by atoms with van der Waals surface area (Å²) in [6.07, 6.45) is 3.18. The predicted molar refractivity (Wildman–Crippen MR) is 110 cm³/mol. The van der Waals surface area contributed by atoms with Crippen molar-refractivity contribution in [2.75, 3.05) is 19.5 Å². The highest BCUT2D eigenvalue weighted by Gasteiger charge is 2.14. The van der Waals surface area contributed by atoms with Gasteiger partial charge >= 0.3 is 0 Å². The number of amides is 1. The zero-order chi connectivity index (χ0) is 20.1. The number of carbonyl (C=O) groups is 1. The van der Waals surface area contributed by atoms with Gasteiger partial charge in [0.2, 0.25) is 5.91 Å². The molecule has 3 aromatic rings. The van der Waals surface area contributed by atoms with E-state index in [9.17, 15) is 4.79 Å². The molecule has 144 valence electrons. The Hall–Kier alpha value is -3.54. The molecule has 6 nitrogen and oxygen atoms in total. The van der Waals surface area contributed by atoms with Crippen molar-refractivity contribution in [1.29, 1.82) is 0 Å². The lowest BCUT2D eigenvalue weighted by Gasteiger charge is -2.07. The number of anilines is 1. The average Bonchev–Trinajstić information content (AvgIpc) is 3.01. The molecule has 1 N–H and O–H groups in total. The fourth-order valence-electron chi connectivity index (χ4n) is 2.93. The third-order valence-corrected chi connectivity index (χ3v) is 4.40. The molecule has 0 unspecified atom stereocenters. The van der Waals surface area contributed by atoms with Crippen molar-refractivity contribution in [2.45, 2.75) is 13.8 Å². The van der Waals surface area contributed by atoms with Crippen molar-refractivity contribution in [3.63, 3.8) is 0 Å². The SMILES string of the molecule is COc1ccc(/C=C/C(=O)Nc2c(C)nn(-c3ccccc3)c2C)c(OC)c1. The quantitative estimate of drug-likeness (QED) is 0.655. The molecule has 0 saturated carbocycles. The third kappa shape index (κ3) is 4.06. The highest BCUT2D eigenvalue weighted by atomic mass is 16.5. The summed E-state index contributed by atoms with van der Waals surface area (Å²) in [6, 6.07) is 15.2. The van der Waals surface area contributed by atoms with Gasteiger partial charge in [0.1, 0.15) is 11.5 Å². The molecule has 1 amide bonds. The summed E-state index contributed by atoms with van der Waals surface area (Å²) >= 11 is 0. The van der Waals surface area contributed by atoms with Crippen LogP contribution in [0.25, 0.3) is 11.8 Å². The Balaban J connectivity index is 1.79. The maximum Gasteiger partial charge on any atom is 0.248 e. The van der Waals surface area contributed by atoms with E-state index in [1.165, 1.54) is 6.08 Å². The van der Waals surface area contributed by atoms with Gasteiger partial charge < -0.3 is 14.8 Å². The summed E-state index contributed by atoms with van der Waals surface area (Å²) < 4.78 is 12.4.